The fourth-order valence-electron chi connectivity index (χ4n) is 2.34. The fourth-order valence-corrected chi connectivity index (χ4v) is 2.34. The van der Waals surface area contributed by atoms with E-state index in [9.17, 15) is 9.59 Å². The molecule has 1 aromatic carbocycles. The number of aliphatic carboxylic acids is 1. The Balaban J connectivity index is 1.89. The highest BCUT2D eigenvalue weighted by molar-refractivity contribution is 5.77. The molecule has 8 nitrogen and oxygen atoms in total. The van der Waals surface area contributed by atoms with Gasteiger partial charge in [0.1, 0.15) is 5.75 Å². The Morgan fingerprint density at radius 2 is 2.00 bits per heavy atom. The lowest BCUT2D eigenvalue weighted by Gasteiger charge is -2.18. The number of hydrogen-bond acceptors (Lipinski definition) is 6. The van der Waals surface area contributed by atoms with Crippen molar-refractivity contribution in [1.82, 2.24) is 15.0 Å². The highest BCUT2D eigenvalue weighted by atomic mass is 16.5. The molecule has 1 amide bonds. The summed E-state index contributed by atoms with van der Waals surface area (Å²) in [6.45, 7) is 4.24. The summed E-state index contributed by atoms with van der Waals surface area (Å²) in [6, 6.07) is 7.34. The van der Waals surface area contributed by atoms with Gasteiger partial charge in [0.15, 0.2) is 0 Å². The van der Waals surface area contributed by atoms with Crippen LogP contribution in [0.25, 0.3) is 11.4 Å². The minimum atomic E-state index is -0.929. The van der Waals surface area contributed by atoms with Gasteiger partial charge in [0, 0.05) is 32.0 Å². The number of rotatable bonds is 9. The Labute approximate surface area is 151 Å². The van der Waals surface area contributed by atoms with Gasteiger partial charge in [0.25, 0.3) is 0 Å². The average Bonchev–Trinajstić information content (AvgIpc) is 3.09. The lowest BCUT2D eigenvalue weighted by atomic mass is 10.1. The molecule has 2 rings (SSSR count). The summed E-state index contributed by atoms with van der Waals surface area (Å²) >= 11 is 0. The first-order chi connectivity index (χ1) is 12.4. The van der Waals surface area contributed by atoms with E-state index >= 15 is 0 Å². The zero-order chi connectivity index (χ0) is 19.1. The molecule has 0 fully saturated rings. The van der Waals surface area contributed by atoms with Crippen molar-refractivity contribution in [3.8, 4) is 17.1 Å². The summed E-state index contributed by atoms with van der Waals surface area (Å²) in [5.41, 5.74) is 0.794. The number of benzene rings is 1. The van der Waals surface area contributed by atoms with Crippen molar-refractivity contribution in [2.45, 2.75) is 26.7 Å². The summed E-state index contributed by atoms with van der Waals surface area (Å²) in [7, 11) is 1.58. The minimum Gasteiger partial charge on any atom is -0.494 e. The third kappa shape index (κ3) is 5.30. The van der Waals surface area contributed by atoms with Gasteiger partial charge >= 0.3 is 5.97 Å². The predicted octanol–water partition coefficient (Wildman–Crippen LogP) is 2.25. The largest absolute Gasteiger partial charge is 0.494 e. The molecule has 0 saturated carbocycles. The maximum Gasteiger partial charge on any atom is 0.308 e. The summed E-state index contributed by atoms with van der Waals surface area (Å²) in [5.74, 6) is -0.131. The molecule has 0 aliphatic rings. The van der Waals surface area contributed by atoms with Crippen molar-refractivity contribution < 1.29 is 24.0 Å². The molecule has 1 unspecified atom stereocenters. The van der Waals surface area contributed by atoms with E-state index in [-0.39, 0.29) is 18.9 Å². The Bertz CT molecular complexity index is 742. The van der Waals surface area contributed by atoms with Crippen molar-refractivity contribution >= 4 is 11.9 Å². The van der Waals surface area contributed by atoms with Gasteiger partial charge in [0.05, 0.1) is 12.5 Å². The zero-order valence-corrected chi connectivity index (χ0v) is 15.1. The molecule has 1 N–H and O–H groups in total. The molecule has 0 saturated heterocycles. The third-order valence-corrected chi connectivity index (χ3v) is 3.84. The topological polar surface area (TPSA) is 106 Å². The number of ether oxygens (including phenoxy) is 1. The highest BCUT2D eigenvalue weighted by Crippen LogP contribution is 2.20. The number of aryl methyl sites for hydroxylation is 1. The van der Waals surface area contributed by atoms with Crippen LogP contribution in [0.3, 0.4) is 0 Å². The van der Waals surface area contributed by atoms with Crippen LogP contribution in [0.2, 0.25) is 0 Å². The van der Waals surface area contributed by atoms with Gasteiger partial charge in [-0.15, -0.1) is 0 Å². The van der Waals surface area contributed by atoms with Gasteiger partial charge in [-0.2, -0.15) is 4.98 Å². The molecule has 0 spiro atoms. The van der Waals surface area contributed by atoms with Crippen molar-refractivity contribution in [2.24, 2.45) is 5.92 Å². The maximum atomic E-state index is 12.1. The van der Waals surface area contributed by atoms with Gasteiger partial charge in [-0.3, -0.25) is 9.59 Å². The third-order valence-electron chi connectivity index (χ3n) is 3.84. The lowest BCUT2D eigenvalue weighted by Crippen LogP contribution is -2.33. The number of carbonyl (C=O) groups excluding carboxylic acids is 1. The molecule has 1 heterocycles. The number of nitrogens with zero attached hydrogens (tertiary/aromatic N) is 3. The van der Waals surface area contributed by atoms with Crippen LogP contribution < -0.4 is 4.74 Å². The van der Waals surface area contributed by atoms with Crippen LogP contribution in [0.4, 0.5) is 0 Å². The summed E-state index contributed by atoms with van der Waals surface area (Å²) in [5, 5.41) is 12.8. The Hall–Kier alpha value is -2.90. The van der Waals surface area contributed by atoms with Crippen LogP contribution in [0.5, 0.6) is 5.75 Å². The molecule has 8 heteroatoms. The average molecular weight is 361 g/mol. The second-order valence-corrected chi connectivity index (χ2v) is 5.98. The Kier molecular flexibility index (Phi) is 6.71. The van der Waals surface area contributed by atoms with E-state index in [1.54, 1.807) is 14.0 Å². The second kappa shape index (κ2) is 8.98. The van der Waals surface area contributed by atoms with E-state index in [0.717, 1.165) is 11.3 Å². The number of aromatic nitrogens is 2. The first-order valence-corrected chi connectivity index (χ1v) is 8.43. The van der Waals surface area contributed by atoms with Gasteiger partial charge in [-0.1, -0.05) is 12.1 Å². The molecular formula is C18H23N3O5. The van der Waals surface area contributed by atoms with Crippen molar-refractivity contribution in [2.75, 3.05) is 20.2 Å². The smallest absolute Gasteiger partial charge is 0.308 e. The van der Waals surface area contributed by atoms with Gasteiger partial charge < -0.3 is 19.3 Å². The van der Waals surface area contributed by atoms with E-state index in [1.807, 2.05) is 31.2 Å². The van der Waals surface area contributed by atoms with E-state index in [4.69, 9.17) is 14.4 Å². The SMILES string of the molecule is CCOc1ccc(-c2noc(CCC(=O)N(C)CC(C)C(=O)O)n2)cc1. The van der Waals surface area contributed by atoms with E-state index < -0.39 is 11.9 Å². The number of carbonyl (C=O) groups is 2. The molecule has 0 aliphatic carbocycles. The fraction of sp³-hybridized carbons (Fsp3) is 0.444. The van der Waals surface area contributed by atoms with Crippen molar-refractivity contribution in [3.63, 3.8) is 0 Å². The van der Waals surface area contributed by atoms with Crippen LogP contribution >= 0.6 is 0 Å². The van der Waals surface area contributed by atoms with E-state index in [0.29, 0.717) is 24.7 Å². The molecule has 1 aromatic heterocycles. The van der Waals surface area contributed by atoms with Crippen LogP contribution in [-0.4, -0.2) is 52.2 Å². The predicted molar refractivity (Wildman–Crippen MR) is 93.7 cm³/mol. The Morgan fingerprint density at radius 1 is 1.31 bits per heavy atom. The first kappa shape index (κ1) is 19.4. The number of hydrogen-bond donors (Lipinski definition) is 1. The first-order valence-electron chi connectivity index (χ1n) is 8.43. The molecule has 0 aliphatic heterocycles. The Morgan fingerprint density at radius 3 is 2.62 bits per heavy atom. The molecule has 1 atom stereocenters. The normalized spacial score (nSPS) is 11.8. The quantitative estimate of drug-likeness (QED) is 0.730. The lowest BCUT2D eigenvalue weighted by molar-refractivity contribution is -0.142. The van der Waals surface area contributed by atoms with Crippen LogP contribution in [-0.2, 0) is 16.0 Å². The van der Waals surface area contributed by atoms with Crippen LogP contribution in [0.15, 0.2) is 28.8 Å². The van der Waals surface area contributed by atoms with Crippen molar-refractivity contribution in [3.05, 3.63) is 30.2 Å². The van der Waals surface area contributed by atoms with Gasteiger partial charge in [-0.05, 0) is 31.2 Å². The second-order valence-electron chi connectivity index (χ2n) is 5.98. The summed E-state index contributed by atoms with van der Waals surface area (Å²) in [4.78, 5) is 28.6. The monoisotopic (exact) mass is 361 g/mol. The number of carboxylic acids is 1. The van der Waals surface area contributed by atoms with E-state index in [2.05, 4.69) is 10.1 Å². The van der Waals surface area contributed by atoms with Crippen LogP contribution in [0.1, 0.15) is 26.2 Å². The molecule has 26 heavy (non-hydrogen) atoms. The van der Waals surface area contributed by atoms with E-state index in [1.165, 1.54) is 4.90 Å². The summed E-state index contributed by atoms with van der Waals surface area (Å²) in [6.07, 6.45) is 0.475. The molecule has 2 aromatic rings. The molecule has 0 bridgehead atoms. The molecular weight excluding hydrogens is 338 g/mol. The molecule has 140 valence electrons. The van der Waals surface area contributed by atoms with Gasteiger partial charge in [0.2, 0.25) is 17.6 Å². The minimum absolute atomic E-state index is 0.162. The highest BCUT2D eigenvalue weighted by Gasteiger charge is 2.18. The van der Waals surface area contributed by atoms with Crippen molar-refractivity contribution in [1.29, 1.82) is 0 Å². The maximum absolute atomic E-state index is 12.1. The van der Waals surface area contributed by atoms with Crippen LogP contribution in [0, 0.1) is 5.92 Å². The number of carboxylic acid groups (broad SMARTS) is 1. The standard InChI is InChI=1S/C18H23N3O5/c1-4-25-14-7-5-13(6-8-14)17-19-15(26-20-17)9-10-16(22)21(3)11-12(2)18(23)24/h5-8,12H,4,9-11H2,1-3H3,(H,23,24). The number of amides is 1. The van der Waals surface area contributed by atoms with Gasteiger partial charge in [-0.25, -0.2) is 0 Å². The zero-order valence-electron chi connectivity index (χ0n) is 15.1. The summed E-state index contributed by atoms with van der Waals surface area (Å²) < 4.78 is 10.6. The molecule has 0 radical (unpaired) electrons.